The Labute approximate surface area is 116 Å². The van der Waals surface area contributed by atoms with Gasteiger partial charge in [-0.2, -0.15) is 0 Å². The maximum atomic E-state index is 11.9. The molecule has 1 aliphatic rings. The SMILES string of the molecule is CN1CCCN(c2cccc(Cl)c2C(=O)O)CC1=O. The van der Waals surface area contributed by atoms with Crippen LogP contribution in [0.4, 0.5) is 5.69 Å². The molecule has 0 spiro atoms. The number of benzene rings is 1. The van der Waals surface area contributed by atoms with E-state index < -0.39 is 5.97 Å². The molecule has 0 radical (unpaired) electrons. The van der Waals surface area contributed by atoms with Crippen molar-refractivity contribution in [2.75, 3.05) is 31.6 Å². The summed E-state index contributed by atoms with van der Waals surface area (Å²) in [6, 6.07) is 4.93. The molecule has 19 heavy (non-hydrogen) atoms. The number of hydrogen-bond acceptors (Lipinski definition) is 3. The summed E-state index contributed by atoms with van der Waals surface area (Å²) in [5.74, 6) is -1.10. The van der Waals surface area contributed by atoms with Crippen LogP contribution in [-0.2, 0) is 4.79 Å². The van der Waals surface area contributed by atoms with E-state index in [0.717, 1.165) is 6.42 Å². The first kappa shape index (κ1) is 13.7. The molecule has 0 atom stereocenters. The van der Waals surface area contributed by atoms with Crippen LogP contribution in [0.2, 0.25) is 5.02 Å². The van der Waals surface area contributed by atoms with E-state index in [0.29, 0.717) is 18.8 Å². The van der Waals surface area contributed by atoms with Crippen LogP contribution in [-0.4, -0.2) is 48.6 Å². The van der Waals surface area contributed by atoms with Gasteiger partial charge in [-0.3, -0.25) is 4.79 Å². The van der Waals surface area contributed by atoms with Crippen molar-refractivity contribution in [2.24, 2.45) is 0 Å². The Bertz CT molecular complexity index is 519. The smallest absolute Gasteiger partial charge is 0.339 e. The topological polar surface area (TPSA) is 60.9 Å². The summed E-state index contributed by atoms with van der Waals surface area (Å²) >= 11 is 5.95. The number of rotatable bonds is 2. The first-order valence-electron chi connectivity index (χ1n) is 6.01. The number of nitrogens with zero attached hydrogens (tertiary/aromatic N) is 2. The number of carbonyl (C=O) groups excluding carboxylic acids is 1. The zero-order valence-corrected chi connectivity index (χ0v) is 11.4. The number of amides is 1. The van der Waals surface area contributed by atoms with Gasteiger partial charge in [0.25, 0.3) is 0 Å². The van der Waals surface area contributed by atoms with Crippen molar-refractivity contribution in [3.8, 4) is 0 Å². The number of halogens is 1. The van der Waals surface area contributed by atoms with E-state index in [1.54, 1.807) is 35.0 Å². The Morgan fingerprint density at radius 2 is 2.11 bits per heavy atom. The molecule has 6 heteroatoms. The maximum absolute atomic E-state index is 11.9. The Hall–Kier alpha value is -1.75. The minimum atomic E-state index is -1.08. The number of anilines is 1. The molecule has 1 N–H and O–H groups in total. The molecule has 1 aromatic rings. The first-order valence-corrected chi connectivity index (χ1v) is 6.39. The third-order valence-electron chi connectivity index (χ3n) is 3.22. The highest BCUT2D eigenvalue weighted by Gasteiger charge is 2.24. The Morgan fingerprint density at radius 3 is 2.79 bits per heavy atom. The van der Waals surface area contributed by atoms with Crippen LogP contribution in [0.15, 0.2) is 18.2 Å². The lowest BCUT2D eigenvalue weighted by molar-refractivity contribution is -0.127. The number of aromatic carboxylic acids is 1. The summed E-state index contributed by atoms with van der Waals surface area (Å²) in [6.45, 7) is 1.49. The highest BCUT2D eigenvalue weighted by molar-refractivity contribution is 6.34. The van der Waals surface area contributed by atoms with Gasteiger partial charge in [0.2, 0.25) is 5.91 Å². The molecule has 0 saturated carbocycles. The van der Waals surface area contributed by atoms with Crippen LogP contribution in [0, 0.1) is 0 Å². The van der Waals surface area contributed by atoms with Crippen molar-refractivity contribution in [2.45, 2.75) is 6.42 Å². The number of carboxylic acid groups (broad SMARTS) is 1. The van der Waals surface area contributed by atoms with E-state index in [4.69, 9.17) is 11.6 Å². The fourth-order valence-corrected chi connectivity index (χ4v) is 2.43. The van der Waals surface area contributed by atoms with Crippen LogP contribution in [0.3, 0.4) is 0 Å². The normalized spacial score (nSPS) is 16.4. The van der Waals surface area contributed by atoms with Crippen LogP contribution >= 0.6 is 11.6 Å². The molecular weight excluding hydrogens is 268 g/mol. The van der Waals surface area contributed by atoms with E-state index in [9.17, 15) is 14.7 Å². The number of likely N-dealkylation sites (N-methyl/N-ethyl adjacent to an activating group) is 1. The average Bonchev–Trinajstić information content (AvgIpc) is 2.51. The van der Waals surface area contributed by atoms with Crippen LogP contribution in [0.1, 0.15) is 16.8 Å². The first-order chi connectivity index (χ1) is 9.00. The second kappa shape index (κ2) is 5.48. The van der Waals surface area contributed by atoms with Gasteiger partial charge in [0, 0.05) is 20.1 Å². The van der Waals surface area contributed by atoms with E-state index in [1.165, 1.54) is 0 Å². The fraction of sp³-hybridized carbons (Fsp3) is 0.385. The summed E-state index contributed by atoms with van der Waals surface area (Å²) in [6.07, 6.45) is 0.799. The molecule has 1 fully saturated rings. The van der Waals surface area contributed by atoms with E-state index in [2.05, 4.69) is 0 Å². The summed E-state index contributed by atoms with van der Waals surface area (Å²) < 4.78 is 0. The molecule has 1 amide bonds. The van der Waals surface area contributed by atoms with E-state index >= 15 is 0 Å². The van der Waals surface area contributed by atoms with Crippen molar-refractivity contribution in [1.82, 2.24) is 4.90 Å². The standard InChI is InChI=1S/C13H15ClN2O3/c1-15-6-3-7-16(8-11(15)17)10-5-2-4-9(14)12(10)13(18)19/h2,4-5H,3,6-8H2,1H3,(H,18,19). The van der Waals surface area contributed by atoms with Gasteiger partial charge in [-0.1, -0.05) is 17.7 Å². The molecule has 2 rings (SSSR count). The van der Waals surface area contributed by atoms with E-state index in [1.807, 2.05) is 0 Å². The van der Waals surface area contributed by atoms with Gasteiger partial charge in [-0.25, -0.2) is 4.79 Å². The minimum absolute atomic E-state index is 0.0196. The predicted molar refractivity (Wildman–Crippen MR) is 72.9 cm³/mol. The summed E-state index contributed by atoms with van der Waals surface area (Å²) in [7, 11) is 1.75. The number of hydrogen-bond donors (Lipinski definition) is 1. The molecule has 1 aromatic carbocycles. The second-order valence-electron chi connectivity index (χ2n) is 4.53. The Balaban J connectivity index is 2.38. The van der Waals surface area contributed by atoms with Crippen LogP contribution in [0.5, 0.6) is 0 Å². The van der Waals surface area contributed by atoms with E-state index in [-0.39, 0.29) is 23.0 Å². The van der Waals surface area contributed by atoms with Crippen molar-refractivity contribution in [1.29, 1.82) is 0 Å². The molecule has 0 aromatic heterocycles. The lowest BCUT2D eigenvalue weighted by Gasteiger charge is -2.24. The van der Waals surface area contributed by atoms with Crippen molar-refractivity contribution >= 4 is 29.2 Å². The Kier molecular flexibility index (Phi) is 3.95. The minimum Gasteiger partial charge on any atom is -0.478 e. The van der Waals surface area contributed by atoms with Gasteiger partial charge < -0.3 is 14.9 Å². The average molecular weight is 283 g/mol. The quantitative estimate of drug-likeness (QED) is 0.897. The zero-order chi connectivity index (χ0) is 14.0. The highest BCUT2D eigenvalue weighted by atomic mass is 35.5. The largest absolute Gasteiger partial charge is 0.478 e. The van der Waals surface area contributed by atoms with Crippen molar-refractivity contribution < 1.29 is 14.7 Å². The molecular formula is C13H15ClN2O3. The molecule has 1 aliphatic heterocycles. The summed E-state index contributed by atoms with van der Waals surface area (Å²) in [4.78, 5) is 26.6. The summed E-state index contributed by atoms with van der Waals surface area (Å²) in [5.41, 5.74) is 0.560. The van der Waals surface area contributed by atoms with Gasteiger partial charge in [0.15, 0.2) is 0 Å². The lowest BCUT2D eigenvalue weighted by atomic mass is 10.1. The van der Waals surface area contributed by atoms with Gasteiger partial charge in [-0.05, 0) is 18.6 Å². The van der Waals surface area contributed by atoms with Crippen molar-refractivity contribution in [3.63, 3.8) is 0 Å². The van der Waals surface area contributed by atoms with Crippen LogP contribution < -0.4 is 4.90 Å². The Morgan fingerprint density at radius 1 is 1.37 bits per heavy atom. The molecule has 102 valence electrons. The molecule has 1 saturated heterocycles. The molecule has 1 heterocycles. The van der Waals surface area contributed by atoms with Gasteiger partial charge in [0.05, 0.1) is 17.3 Å². The highest BCUT2D eigenvalue weighted by Crippen LogP contribution is 2.28. The summed E-state index contributed by atoms with van der Waals surface area (Å²) in [5, 5.41) is 9.45. The third kappa shape index (κ3) is 2.81. The maximum Gasteiger partial charge on any atom is 0.339 e. The van der Waals surface area contributed by atoms with Gasteiger partial charge in [0.1, 0.15) is 5.56 Å². The number of carboxylic acids is 1. The second-order valence-corrected chi connectivity index (χ2v) is 4.94. The zero-order valence-electron chi connectivity index (χ0n) is 10.6. The molecule has 0 unspecified atom stereocenters. The van der Waals surface area contributed by atoms with Crippen molar-refractivity contribution in [3.05, 3.63) is 28.8 Å². The third-order valence-corrected chi connectivity index (χ3v) is 3.53. The monoisotopic (exact) mass is 282 g/mol. The predicted octanol–water partition coefficient (Wildman–Crippen LogP) is 1.71. The molecule has 0 aliphatic carbocycles. The fourth-order valence-electron chi connectivity index (χ4n) is 2.18. The van der Waals surface area contributed by atoms with Gasteiger partial charge in [-0.15, -0.1) is 0 Å². The van der Waals surface area contributed by atoms with Gasteiger partial charge >= 0.3 is 5.97 Å². The molecule has 0 bridgehead atoms. The lowest BCUT2D eigenvalue weighted by Crippen LogP contribution is -2.35. The number of carbonyl (C=O) groups is 2. The van der Waals surface area contributed by atoms with Crippen LogP contribution in [0.25, 0.3) is 0 Å². The molecule has 5 nitrogen and oxygen atoms in total.